The number of fused-ring (bicyclic) bond motifs is 1. The first-order valence-electron chi connectivity index (χ1n) is 9.33. The number of likely N-dealkylation sites (N-methyl/N-ethyl adjacent to an activating group) is 1. The predicted octanol–water partition coefficient (Wildman–Crippen LogP) is 5.27. The van der Waals surface area contributed by atoms with Crippen LogP contribution in [0.5, 0.6) is 11.5 Å². The van der Waals surface area contributed by atoms with Crippen LogP contribution in [0.2, 0.25) is 0 Å². The third kappa shape index (κ3) is 3.62. The van der Waals surface area contributed by atoms with Crippen LogP contribution in [0.25, 0.3) is 0 Å². The van der Waals surface area contributed by atoms with Crippen LogP contribution in [0.3, 0.4) is 0 Å². The monoisotopic (exact) mass is 374 g/mol. The molecule has 0 aromatic heterocycles. The summed E-state index contributed by atoms with van der Waals surface area (Å²) in [5.74, 6) is 1.34. The molecular weight excluding hydrogens is 352 g/mol. The number of non-ortho nitro benzene ring substituents is 1. The van der Waals surface area contributed by atoms with E-state index in [1.165, 1.54) is 34.4 Å². The molecule has 1 aliphatic rings. The molecule has 1 heterocycles. The van der Waals surface area contributed by atoms with Crippen molar-refractivity contribution in [3.63, 3.8) is 0 Å². The summed E-state index contributed by atoms with van der Waals surface area (Å²) in [6, 6.07) is 21.3. The minimum absolute atomic E-state index is 0.0572. The van der Waals surface area contributed by atoms with E-state index in [1.54, 1.807) is 12.1 Å². The second-order valence-corrected chi connectivity index (χ2v) is 7.26. The number of hydrogen-bond donors (Lipinski definition) is 0. The summed E-state index contributed by atoms with van der Waals surface area (Å²) in [5, 5.41) is 10.8. The number of ether oxygens (including phenoxy) is 1. The Balaban J connectivity index is 1.61. The molecule has 0 fully saturated rings. The van der Waals surface area contributed by atoms with Crippen molar-refractivity contribution < 1.29 is 9.66 Å². The van der Waals surface area contributed by atoms with E-state index in [-0.39, 0.29) is 11.7 Å². The number of rotatable bonds is 4. The molecule has 1 aliphatic heterocycles. The van der Waals surface area contributed by atoms with Crippen LogP contribution < -0.4 is 4.74 Å². The average molecular weight is 374 g/mol. The highest BCUT2D eigenvalue weighted by Gasteiger charge is 2.26. The molecule has 5 nitrogen and oxygen atoms in total. The summed E-state index contributed by atoms with van der Waals surface area (Å²) in [6.07, 6.45) is 0.964. The van der Waals surface area contributed by atoms with Gasteiger partial charge in [0.05, 0.1) is 11.0 Å². The molecule has 28 heavy (non-hydrogen) atoms. The molecule has 4 rings (SSSR count). The summed E-state index contributed by atoms with van der Waals surface area (Å²) in [4.78, 5) is 12.8. The van der Waals surface area contributed by atoms with Gasteiger partial charge in [-0.3, -0.25) is 15.0 Å². The Morgan fingerprint density at radius 1 is 1.00 bits per heavy atom. The van der Waals surface area contributed by atoms with Gasteiger partial charge in [0.15, 0.2) is 0 Å². The molecule has 1 unspecified atom stereocenters. The predicted molar refractivity (Wildman–Crippen MR) is 109 cm³/mol. The lowest BCUT2D eigenvalue weighted by molar-refractivity contribution is -0.384. The quantitative estimate of drug-likeness (QED) is 0.461. The number of nitrogens with zero attached hydrogens (tertiary/aromatic N) is 2. The normalized spacial score (nSPS) is 16.4. The number of nitro groups is 1. The van der Waals surface area contributed by atoms with Crippen LogP contribution in [0.1, 0.15) is 28.3 Å². The molecule has 0 N–H and O–H groups in total. The topological polar surface area (TPSA) is 55.6 Å². The summed E-state index contributed by atoms with van der Waals surface area (Å²) in [6.45, 7) is 3.08. The van der Waals surface area contributed by atoms with Gasteiger partial charge >= 0.3 is 0 Å². The van der Waals surface area contributed by atoms with Crippen molar-refractivity contribution in [1.29, 1.82) is 0 Å². The van der Waals surface area contributed by atoms with Crippen molar-refractivity contribution in [1.82, 2.24) is 4.90 Å². The van der Waals surface area contributed by atoms with E-state index in [4.69, 9.17) is 4.74 Å². The van der Waals surface area contributed by atoms with Gasteiger partial charge in [0.1, 0.15) is 11.5 Å². The van der Waals surface area contributed by atoms with Crippen molar-refractivity contribution in [2.75, 3.05) is 13.6 Å². The molecule has 0 saturated heterocycles. The highest BCUT2D eigenvalue weighted by molar-refractivity contribution is 5.46. The first kappa shape index (κ1) is 18.2. The number of hydrogen-bond acceptors (Lipinski definition) is 4. The Hall–Kier alpha value is -3.18. The third-order valence-corrected chi connectivity index (χ3v) is 5.26. The van der Waals surface area contributed by atoms with Crippen LogP contribution in [-0.4, -0.2) is 23.4 Å². The number of nitro benzene ring substituents is 1. The highest BCUT2D eigenvalue weighted by atomic mass is 16.6. The van der Waals surface area contributed by atoms with E-state index in [9.17, 15) is 10.1 Å². The van der Waals surface area contributed by atoms with Gasteiger partial charge in [-0.15, -0.1) is 0 Å². The number of benzene rings is 3. The largest absolute Gasteiger partial charge is 0.457 e. The Labute approximate surface area is 164 Å². The van der Waals surface area contributed by atoms with Gasteiger partial charge in [-0.1, -0.05) is 35.9 Å². The van der Waals surface area contributed by atoms with Gasteiger partial charge in [0.25, 0.3) is 5.69 Å². The van der Waals surface area contributed by atoms with E-state index >= 15 is 0 Å². The molecular formula is C23H22N2O3. The molecule has 0 bridgehead atoms. The SMILES string of the molecule is Cc1ccc(C2c3ccc(Oc4ccc([N+](=O)[O-])cc4)cc3CCN2C)cc1. The minimum atomic E-state index is -0.412. The fourth-order valence-electron chi connectivity index (χ4n) is 3.75. The Kier molecular flexibility index (Phi) is 4.84. The molecule has 3 aromatic carbocycles. The minimum Gasteiger partial charge on any atom is -0.457 e. The van der Waals surface area contributed by atoms with E-state index in [2.05, 4.69) is 55.3 Å². The summed E-state index contributed by atoms with van der Waals surface area (Å²) >= 11 is 0. The van der Waals surface area contributed by atoms with Gasteiger partial charge in [-0.25, -0.2) is 0 Å². The highest BCUT2D eigenvalue weighted by Crippen LogP contribution is 2.36. The molecule has 5 heteroatoms. The molecule has 0 saturated carbocycles. The van der Waals surface area contributed by atoms with Crippen molar-refractivity contribution in [3.05, 3.63) is 99.1 Å². The first-order valence-corrected chi connectivity index (χ1v) is 9.33. The second kappa shape index (κ2) is 7.44. The standard InChI is InChI=1S/C23H22N2O3/c1-16-3-5-17(6-4-16)23-22-12-11-21(15-18(22)13-14-24(23)2)28-20-9-7-19(8-10-20)25(26)27/h3-12,15,23H,13-14H2,1-2H3. The van der Waals surface area contributed by atoms with Crippen molar-refractivity contribution >= 4 is 5.69 Å². The summed E-state index contributed by atoms with van der Waals surface area (Å²) in [5.41, 5.74) is 5.19. The van der Waals surface area contributed by atoms with Crippen LogP contribution >= 0.6 is 0 Å². The smallest absolute Gasteiger partial charge is 0.269 e. The molecule has 0 amide bonds. The molecule has 3 aromatic rings. The lowest BCUT2D eigenvalue weighted by Gasteiger charge is -2.35. The van der Waals surface area contributed by atoms with Crippen molar-refractivity contribution in [3.8, 4) is 11.5 Å². The molecule has 0 aliphatic carbocycles. The lowest BCUT2D eigenvalue weighted by Crippen LogP contribution is -2.32. The Morgan fingerprint density at radius 3 is 2.36 bits per heavy atom. The van der Waals surface area contributed by atoms with E-state index in [0.717, 1.165) is 18.7 Å². The zero-order valence-corrected chi connectivity index (χ0v) is 16.0. The Bertz CT molecular complexity index is 997. The van der Waals surface area contributed by atoms with Crippen molar-refractivity contribution in [2.24, 2.45) is 0 Å². The Morgan fingerprint density at radius 2 is 1.68 bits per heavy atom. The molecule has 0 spiro atoms. The summed E-state index contributed by atoms with van der Waals surface area (Å²) in [7, 11) is 2.16. The zero-order valence-electron chi connectivity index (χ0n) is 16.0. The fourth-order valence-corrected chi connectivity index (χ4v) is 3.75. The van der Waals surface area contributed by atoms with Crippen LogP contribution in [0, 0.1) is 17.0 Å². The third-order valence-electron chi connectivity index (χ3n) is 5.26. The second-order valence-electron chi connectivity index (χ2n) is 7.26. The van der Waals surface area contributed by atoms with E-state index in [0.29, 0.717) is 5.75 Å². The maximum atomic E-state index is 10.8. The van der Waals surface area contributed by atoms with Crippen molar-refractivity contribution in [2.45, 2.75) is 19.4 Å². The maximum absolute atomic E-state index is 10.8. The van der Waals surface area contributed by atoms with Crippen LogP contribution in [0.4, 0.5) is 5.69 Å². The first-order chi connectivity index (χ1) is 13.5. The van der Waals surface area contributed by atoms with Gasteiger partial charge in [0, 0.05) is 18.7 Å². The summed E-state index contributed by atoms with van der Waals surface area (Å²) < 4.78 is 5.93. The van der Waals surface area contributed by atoms with Crippen LogP contribution in [0.15, 0.2) is 66.7 Å². The fraction of sp³-hybridized carbons (Fsp3) is 0.217. The van der Waals surface area contributed by atoms with Crippen LogP contribution in [-0.2, 0) is 6.42 Å². The van der Waals surface area contributed by atoms with Gasteiger partial charge in [-0.05, 0) is 61.3 Å². The molecule has 1 atom stereocenters. The zero-order chi connectivity index (χ0) is 19.7. The van der Waals surface area contributed by atoms with E-state index < -0.39 is 4.92 Å². The maximum Gasteiger partial charge on any atom is 0.269 e. The van der Waals surface area contributed by atoms with E-state index in [1.807, 2.05) is 6.07 Å². The number of aryl methyl sites for hydroxylation is 1. The van der Waals surface area contributed by atoms with Gasteiger partial charge in [0.2, 0.25) is 0 Å². The molecule has 0 radical (unpaired) electrons. The molecule has 142 valence electrons. The van der Waals surface area contributed by atoms with Gasteiger partial charge < -0.3 is 4.74 Å². The lowest BCUT2D eigenvalue weighted by atomic mass is 9.88. The average Bonchev–Trinajstić information content (AvgIpc) is 2.69. The van der Waals surface area contributed by atoms with Gasteiger partial charge in [-0.2, -0.15) is 0 Å².